The topological polar surface area (TPSA) is 66.0 Å². The van der Waals surface area contributed by atoms with Crippen molar-refractivity contribution in [2.24, 2.45) is 5.73 Å². The smallest absolute Gasteiger partial charge is 0.160 e. The molecule has 0 aliphatic carbocycles. The highest BCUT2D eigenvalue weighted by Crippen LogP contribution is 2.19. The number of pyridine rings is 1. The number of para-hydroxylation sites is 1. The Balaban J connectivity index is 1.95. The van der Waals surface area contributed by atoms with E-state index in [0.29, 0.717) is 13.2 Å². The largest absolute Gasteiger partial charge is 0.486 e. The molecule has 120 valence electrons. The number of ether oxygens (including phenoxy) is 1. The van der Waals surface area contributed by atoms with Crippen molar-refractivity contribution >= 4 is 11.2 Å². The van der Waals surface area contributed by atoms with Crippen molar-refractivity contribution in [3.63, 3.8) is 0 Å². The van der Waals surface area contributed by atoms with Crippen LogP contribution in [0, 0.1) is 6.92 Å². The second-order valence-corrected chi connectivity index (χ2v) is 6.56. The molecule has 0 radical (unpaired) electrons. The number of hydrogen-bond donors (Lipinski definition) is 1. The summed E-state index contributed by atoms with van der Waals surface area (Å²) in [7, 11) is 0. The van der Waals surface area contributed by atoms with Gasteiger partial charge in [0.15, 0.2) is 5.65 Å². The molecule has 3 rings (SSSR count). The maximum Gasteiger partial charge on any atom is 0.160 e. The lowest BCUT2D eigenvalue weighted by Gasteiger charge is -2.21. The molecule has 3 aromatic rings. The summed E-state index contributed by atoms with van der Waals surface area (Å²) in [6, 6.07) is 11.8. The van der Waals surface area contributed by atoms with Gasteiger partial charge in [-0.3, -0.25) is 0 Å². The van der Waals surface area contributed by atoms with Gasteiger partial charge in [0.25, 0.3) is 0 Å². The standard InChI is InChI=1S/C18H22N4O/c1-13-9-15-17(20-10-13)22(12-18(2,3)19)16(21-15)11-23-14-7-5-4-6-8-14/h4-10H,11-12,19H2,1-3H3. The molecule has 0 unspecified atom stereocenters. The summed E-state index contributed by atoms with van der Waals surface area (Å²) >= 11 is 0. The number of nitrogens with two attached hydrogens (primary N) is 1. The Morgan fingerprint density at radius 1 is 1.22 bits per heavy atom. The van der Waals surface area contributed by atoms with Crippen molar-refractivity contribution in [2.45, 2.75) is 39.5 Å². The van der Waals surface area contributed by atoms with Gasteiger partial charge in [0.05, 0.1) is 0 Å². The lowest BCUT2D eigenvalue weighted by molar-refractivity contribution is 0.285. The highest BCUT2D eigenvalue weighted by atomic mass is 16.5. The van der Waals surface area contributed by atoms with Gasteiger partial charge in [0.2, 0.25) is 0 Å². The van der Waals surface area contributed by atoms with Crippen LogP contribution in [0.3, 0.4) is 0 Å². The fourth-order valence-corrected chi connectivity index (χ4v) is 2.51. The van der Waals surface area contributed by atoms with Crippen molar-refractivity contribution in [3.8, 4) is 5.75 Å². The van der Waals surface area contributed by atoms with E-state index in [1.165, 1.54) is 0 Å². The predicted octanol–water partition coefficient (Wildman–Crippen LogP) is 3.06. The molecule has 0 bridgehead atoms. The first-order valence-corrected chi connectivity index (χ1v) is 7.71. The van der Waals surface area contributed by atoms with Crippen LogP contribution in [0.25, 0.3) is 11.2 Å². The highest BCUT2D eigenvalue weighted by Gasteiger charge is 2.19. The molecule has 0 fully saturated rings. The zero-order valence-corrected chi connectivity index (χ0v) is 13.8. The number of fused-ring (bicyclic) bond motifs is 1. The summed E-state index contributed by atoms with van der Waals surface area (Å²) in [6.45, 7) is 7.02. The average molecular weight is 310 g/mol. The van der Waals surface area contributed by atoms with Crippen LogP contribution in [0.4, 0.5) is 0 Å². The average Bonchev–Trinajstić information content (AvgIpc) is 2.81. The van der Waals surface area contributed by atoms with E-state index in [-0.39, 0.29) is 5.54 Å². The molecule has 0 saturated heterocycles. The van der Waals surface area contributed by atoms with Crippen molar-refractivity contribution in [1.29, 1.82) is 0 Å². The van der Waals surface area contributed by atoms with Crippen LogP contribution in [0.1, 0.15) is 25.2 Å². The van der Waals surface area contributed by atoms with E-state index in [9.17, 15) is 0 Å². The summed E-state index contributed by atoms with van der Waals surface area (Å²) in [5, 5.41) is 0. The molecule has 1 aromatic carbocycles. The van der Waals surface area contributed by atoms with Gasteiger partial charge in [-0.1, -0.05) is 18.2 Å². The van der Waals surface area contributed by atoms with E-state index < -0.39 is 0 Å². The van der Waals surface area contributed by atoms with E-state index in [0.717, 1.165) is 28.3 Å². The Kier molecular flexibility index (Phi) is 4.05. The molecule has 0 saturated carbocycles. The van der Waals surface area contributed by atoms with Gasteiger partial charge < -0.3 is 15.0 Å². The van der Waals surface area contributed by atoms with Crippen LogP contribution in [-0.4, -0.2) is 20.1 Å². The molecule has 0 amide bonds. The number of nitrogens with zero attached hydrogens (tertiary/aromatic N) is 3. The summed E-state index contributed by atoms with van der Waals surface area (Å²) in [6.07, 6.45) is 1.85. The molecule has 0 aliphatic rings. The van der Waals surface area contributed by atoms with E-state index in [4.69, 9.17) is 15.5 Å². The van der Waals surface area contributed by atoms with E-state index >= 15 is 0 Å². The monoisotopic (exact) mass is 310 g/mol. The quantitative estimate of drug-likeness (QED) is 0.786. The first kappa shape index (κ1) is 15.5. The third-order valence-electron chi connectivity index (χ3n) is 3.48. The summed E-state index contributed by atoms with van der Waals surface area (Å²) < 4.78 is 7.91. The minimum absolute atomic E-state index is 0.359. The van der Waals surface area contributed by atoms with Gasteiger partial charge >= 0.3 is 0 Å². The molecule has 0 spiro atoms. The minimum atomic E-state index is -0.359. The summed E-state index contributed by atoms with van der Waals surface area (Å²) in [4.78, 5) is 9.22. The van der Waals surface area contributed by atoms with Gasteiger partial charge in [0, 0.05) is 18.3 Å². The first-order chi connectivity index (χ1) is 10.9. The fraction of sp³-hybridized carbons (Fsp3) is 0.333. The third-order valence-corrected chi connectivity index (χ3v) is 3.48. The SMILES string of the molecule is Cc1cnc2c(c1)nc(COc1ccccc1)n2CC(C)(C)N. The Morgan fingerprint density at radius 2 is 1.96 bits per heavy atom. The van der Waals surface area contributed by atoms with Crippen LogP contribution in [0.2, 0.25) is 0 Å². The Labute approximate surface area is 136 Å². The number of hydrogen-bond acceptors (Lipinski definition) is 4. The van der Waals surface area contributed by atoms with Gasteiger partial charge in [-0.2, -0.15) is 0 Å². The van der Waals surface area contributed by atoms with Gasteiger partial charge in [0.1, 0.15) is 23.7 Å². The Bertz CT molecular complexity index is 803. The number of benzene rings is 1. The molecule has 5 nitrogen and oxygen atoms in total. The normalized spacial score (nSPS) is 11.8. The van der Waals surface area contributed by atoms with Gasteiger partial charge in [-0.15, -0.1) is 0 Å². The number of rotatable bonds is 5. The van der Waals surface area contributed by atoms with E-state index in [1.54, 1.807) is 0 Å². The zero-order chi connectivity index (χ0) is 16.4. The molecule has 23 heavy (non-hydrogen) atoms. The van der Waals surface area contributed by atoms with Crippen molar-refractivity contribution in [3.05, 3.63) is 54.0 Å². The second kappa shape index (κ2) is 6.01. The highest BCUT2D eigenvalue weighted by molar-refractivity contribution is 5.72. The van der Waals surface area contributed by atoms with E-state index in [1.807, 2.05) is 63.4 Å². The van der Waals surface area contributed by atoms with Crippen molar-refractivity contribution in [1.82, 2.24) is 14.5 Å². The van der Waals surface area contributed by atoms with Crippen molar-refractivity contribution in [2.75, 3.05) is 0 Å². The maximum atomic E-state index is 6.21. The molecule has 2 heterocycles. The van der Waals surface area contributed by atoms with Crippen LogP contribution in [-0.2, 0) is 13.2 Å². The maximum absolute atomic E-state index is 6.21. The molecule has 0 atom stereocenters. The first-order valence-electron chi connectivity index (χ1n) is 7.71. The van der Waals surface area contributed by atoms with Crippen LogP contribution < -0.4 is 10.5 Å². The number of aromatic nitrogens is 3. The van der Waals surface area contributed by atoms with Gasteiger partial charge in [-0.05, 0) is 44.5 Å². The minimum Gasteiger partial charge on any atom is -0.486 e. The molecule has 2 N–H and O–H groups in total. The predicted molar refractivity (Wildman–Crippen MR) is 91.3 cm³/mol. The summed E-state index contributed by atoms with van der Waals surface area (Å²) in [5.41, 5.74) is 8.66. The lowest BCUT2D eigenvalue weighted by Crippen LogP contribution is -2.37. The molecule has 5 heteroatoms. The zero-order valence-electron chi connectivity index (χ0n) is 13.8. The van der Waals surface area contributed by atoms with Crippen molar-refractivity contribution < 1.29 is 4.74 Å². The molecule has 0 aliphatic heterocycles. The second-order valence-electron chi connectivity index (χ2n) is 6.56. The van der Waals surface area contributed by atoms with Crippen LogP contribution >= 0.6 is 0 Å². The molecule has 2 aromatic heterocycles. The Morgan fingerprint density at radius 3 is 2.65 bits per heavy atom. The lowest BCUT2D eigenvalue weighted by atomic mass is 10.1. The third kappa shape index (κ3) is 3.68. The Hall–Kier alpha value is -2.40. The fourth-order valence-electron chi connectivity index (χ4n) is 2.51. The van der Waals surface area contributed by atoms with Crippen LogP contribution in [0.5, 0.6) is 5.75 Å². The number of aryl methyl sites for hydroxylation is 1. The van der Waals surface area contributed by atoms with Gasteiger partial charge in [-0.25, -0.2) is 9.97 Å². The van der Waals surface area contributed by atoms with Crippen LogP contribution in [0.15, 0.2) is 42.6 Å². The summed E-state index contributed by atoms with van der Waals surface area (Å²) in [5.74, 6) is 1.66. The molecular weight excluding hydrogens is 288 g/mol. The number of imidazole rings is 1. The molecular formula is C18H22N4O. The van der Waals surface area contributed by atoms with E-state index in [2.05, 4.69) is 9.55 Å².